The topological polar surface area (TPSA) is 150 Å². The predicted molar refractivity (Wildman–Crippen MR) is 37.7 cm³/mol. The first-order valence-electron chi connectivity index (χ1n) is 3.44. The highest BCUT2D eigenvalue weighted by molar-refractivity contribution is 7.43. The van der Waals surface area contributed by atoms with E-state index >= 15 is 0 Å². The molecule has 2 atom stereocenters. The Morgan fingerprint density at radius 3 is 2.29 bits per heavy atom. The van der Waals surface area contributed by atoms with Crippen LogP contribution in [0.5, 0.6) is 0 Å². The van der Waals surface area contributed by atoms with Crippen molar-refractivity contribution in [3.8, 4) is 0 Å². The second-order valence-electron chi connectivity index (χ2n) is 2.38. The van der Waals surface area contributed by atoms with Gasteiger partial charge >= 0.3 is 0 Å². The van der Waals surface area contributed by atoms with Crippen LogP contribution in [0.2, 0.25) is 0 Å². The number of rotatable bonds is 6. The van der Waals surface area contributed by atoms with E-state index in [1.807, 2.05) is 0 Å². The Bertz CT molecular complexity index is 234. The highest BCUT2D eigenvalue weighted by atomic mass is 31.2. The number of phosphoric ester groups is 1. The van der Waals surface area contributed by atoms with E-state index in [1.165, 1.54) is 0 Å². The van der Waals surface area contributed by atoms with E-state index < -0.39 is 39.0 Å². The molecule has 0 spiro atoms. The summed E-state index contributed by atoms with van der Waals surface area (Å²) in [5, 5.41) is 26.0. The minimum atomic E-state index is -5.24. The zero-order valence-electron chi connectivity index (χ0n) is 6.90. The molecule has 84 valence electrons. The smallest absolute Gasteiger partial charge is 0.189 e. The summed E-state index contributed by atoms with van der Waals surface area (Å²) in [5.74, 6) is -1.10. The zero-order valence-corrected chi connectivity index (χ0v) is 7.79. The molecule has 0 aliphatic carbocycles. The minimum absolute atomic E-state index is 1.01. The molecule has 0 rings (SSSR count). The average molecular weight is 228 g/mol. The van der Waals surface area contributed by atoms with Gasteiger partial charge in [-0.05, 0) is 0 Å². The largest absolute Gasteiger partial charge is 0.790 e. The lowest BCUT2D eigenvalue weighted by molar-refractivity contribution is -0.343. The second-order valence-corrected chi connectivity index (χ2v) is 3.53. The maximum absolute atomic E-state index is 10.5. The van der Waals surface area contributed by atoms with Crippen LogP contribution in [-0.2, 0) is 13.9 Å². The Balaban J connectivity index is 4.02. The van der Waals surface area contributed by atoms with Crippen LogP contribution in [0.1, 0.15) is 0 Å². The summed E-state index contributed by atoms with van der Waals surface area (Å²) in [4.78, 5) is 30.4. The molecule has 0 amide bonds. The number of phosphoric acid groups is 1. The van der Waals surface area contributed by atoms with Gasteiger partial charge in [-0.25, -0.2) is 0 Å². The predicted octanol–water partition coefficient (Wildman–Crippen LogP) is -3.89. The molecule has 0 aliphatic rings. The molecule has 0 saturated carbocycles. The molecule has 0 heterocycles. The van der Waals surface area contributed by atoms with Gasteiger partial charge < -0.3 is 34.2 Å². The molecule has 0 radical (unpaired) electrons. The van der Waals surface area contributed by atoms with Crippen LogP contribution in [0.25, 0.3) is 0 Å². The average Bonchev–Trinajstić information content (AvgIpc) is 2.10. The molecular weight excluding hydrogens is 219 g/mol. The Kier molecular flexibility index (Phi) is 5.38. The number of hydrogen-bond donors (Lipinski definition) is 3. The molecule has 0 saturated heterocycles. The van der Waals surface area contributed by atoms with Crippen molar-refractivity contribution in [3.63, 3.8) is 0 Å². The molecule has 3 N–H and O–H groups in total. The van der Waals surface area contributed by atoms with Crippen LogP contribution in [0.4, 0.5) is 0 Å². The molecule has 0 aromatic rings. The van der Waals surface area contributed by atoms with Crippen molar-refractivity contribution < 1.29 is 39.0 Å². The van der Waals surface area contributed by atoms with Gasteiger partial charge in [-0.15, -0.1) is 0 Å². The lowest BCUT2D eigenvalue weighted by Crippen LogP contribution is -2.39. The Labute approximate surface area is 79.0 Å². The first-order chi connectivity index (χ1) is 6.28. The molecular formula is C5H9O8P-2. The molecule has 0 unspecified atom stereocenters. The van der Waals surface area contributed by atoms with E-state index in [2.05, 4.69) is 4.52 Å². The van der Waals surface area contributed by atoms with Crippen molar-refractivity contribution in [2.24, 2.45) is 0 Å². The molecule has 0 aromatic carbocycles. The van der Waals surface area contributed by atoms with Gasteiger partial charge in [0.05, 0.1) is 14.4 Å². The van der Waals surface area contributed by atoms with Gasteiger partial charge in [-0.2, -0.15) is 0 Å². The molecule has 14 heavy (non-hydrogen) atoms. The summed E-state index contributed by atoms with van der Waals surface area (Å²) in [6.07, 6.45) is -3.85. The number of carbonyl (C=O) groups is 1. The van der Waals surface area contributed by atoms with Crippen molar-refractivity contribution in [2.45, 2.75) is 12.2 Å². The number of hydrogen-bond acceptors (Lipinski definition) is 8. The van der Waals surface area contributed by atoms with Crippen molar-refractivity contribution in [1.82, 2.24) is 0 Å². The van der Waals surface area contributed by atoms with Crippen LogP contribution in [0.3, 0.4) is 0 Å². The first-order valence-corrected chi connectivity index (χ1v) is 4.90. The van der Waals surface area contributed by atoms with Crippen molar-refractivity contribution in [3.05, 3.63) is 0 Å². The fourth-order valence-corrected chi connectivity index (χ4v) is 0.902. The fraction of sp³-hybridized carbons (Fsp3) is 0.800. The second kappa shape index (κ2) is 5.52. The number of aliphatic hydroxyl groups excluding tert-OH is 3. The Hall–Kier alpha value is -0.340. The van der Waals surface area contributed by atoms with Gasteiger partial charge in [-0.1, -0.05) is 0 Å². The zero-order chi connectivity index (χ0) is 11.4. The van der Waals surface area contributed by atoms with E-state index in [-0.39, 0.29) is 0 Å². The standard InChI is InChI=1S/C5H11O8P/c6-1-3(7)5(9)4(8)2-13-14(10,11)12/h4-6,8-9H,1-2H2,(H2,10,11,12)/p-2/t4-,5+/m1/s1. The molecule has 8 nitrogen and oxygen atoms in total. The van der Waals surface area contributed by atoms with E-state index in [4.69, 9.17) is 15.3 Å². The summed E-state index contributed by atoms with van der Waals surface area (Å²) >= 11 is 0. The molecule has 0 bridgehead atoms. The number of ketones is 1. The highest BCUT2D eigenvalue weighted by Gasteiger charge is 2.23. The molecule has 9 heteroatoms. The molecule has 0 aliphatic heterocycles. The van der Waals surface area contributed by atoms with E-state index in [9.17, 15) is 19.1 Å². The third-order valence-corrected chi connectivity index (χ3v) is 1.72. The lowest BCUT2D eigenvalue weighted by atomic mass is 10.1. The number of aliphatic hydroxyl groups is 3. The molecule has 0 aromatic heterocycles. The van der Waals surface area contributed by atoms with Crippen LogP contribution >= 0.6 is 7.82 Å². The van der Waals surface area contributed by atoms with Crippen LogP contribution in [0.15, 0.2) is 0 Å². The van der Waals surface area contributed by atoms with Crippen molar-refractivity contribution in [1.29, 1.82) is 0 Å². The van der Waals surface area contributed by atoms with Crippen LogP contribution in [-0.4, -0.2) is 46.5 Å². The van der Waals surface area contributed by atoms with Crippen molar-refractivity contribution >= 4 is 13.6 Å². The lowest BCUT2D eigenvalue weighted by Gasteiger charge is -2.30. The van der Waals surface area contributed by atoms with Gasteiger partial charge in [0.2, 0.25) is 0 Å². The summed E-state index contributed by atoms with van der Waals surface area (Å²) in [5.41, 5.74) is 0. The van der Waals surface area contributed by atoms with Gasteiger partial charge in [0.25, 0.3) is 0 Å². The third-order valence-electron chi connectivity index (χ3n) is 1.25. The summed E-state index contributed by atoms with van der Waals surface area (Å²) in [6, 6.07) is 0. The normalized spacial score (nSPS) is 16.4. The van der Waals surface area contributed by atoms with Crippen LogP contribution in [0, 0.1) is 0 Å². The van der Waals surface area contributed by atoms with Crippen LogP contribution < -0.4 is 9.79 Å². The van der Waals surface area contributed by atoms with E-state index in [1.54, 1.807) is 0 Å². The number of carbonyl (C=O) groups excluding carboxylic acids is 1. The maximum Gasteiger partial charge on any atom is 0.189 e. The summed E-state index contributed by atoms with van der Waals surface area (Å²) in [7, 11) is -5.24. The molecule has 0 fully saturated rings. The Morgan fingerprint density at radius 2 is 1.93 bits per heavy atom. The maximum atomic E-state index is 10.5. The fourth-order valence-electron chi connectivity index (χ4n) is 0.567. The van der Waals surface area contributed by atoms with Gasteiger partial charge in [0.1, 0.15) is 18.8 Å². The minimum Gasteiger partial charge on any atom is -0.790 e. The van der Waals surface area contributed by atoms with Gasteiger partial charge in [-0.3, -0.25) is 4.79 Å². The summed E-state index contributed by atoms with van der Waals surface area (Å²) < 4.78 is 13.5. The monoisotopic (exact) mass is 228 g/mol. The van der Waals surface area contributed by atoms with Gasteiger partial charge in [0.15, 0.2) is 5.78 Å². The van der Waals surface area contributed by atoms with E-state index in [0.29, 0.717) is 0 Å². The van der Waals surface area contributed by atoms with Gasteiger partial charge in [0, 0.05) is 0 Å². The Morgan fingerprint density at radius 1 is 1.43 bits per heavy atom. The van der Waals surface area contributed by atoms with Crippen molar-refractivity contribution in [2.75, 3.05) is 13.2 Å². The highest BCUT2D eigenvalue weighted by Crippen LogP contribution is 2.24. The third kappa shape index (κ3) is 5.40. The SMILES string of the molecule is O=C(CO)[C@H](O)[C@H](O)COP(=O)([O-])[O-]. The quantitative estimate of drug-likeness (QED) is 0.390. The number of Topliss-reactive ketones (excluding diaryl/α,β-unsaturated/α-hetero) is 1. The van der Waals surface area contributed by atoms with E-state index in [0.717, 1.165) is 0 Å². The first kappa shape index (κ1) is 13.7. The summed E-state index contributed by atoms with van der Waals surface area (Å²) in [6.45, 7) is -2.04.